The Morgan fingerprint density at radius 3 is 2.24 bits per heavy atom. The van der Waals surface area contributed by atoms with Crippen molar-refractivity contribution in [2.24, 2.45) is 5.92 Å². The molecule has 1 unspecified atom stereocenters. The lowest BCUT2D eigenvalue weighted by molar-refractivity contribution is -0.191. The Balaban J connectivity index is 4.32. The van der Waals surface area contributed by atoms with Crippen molar-refractivity contribution in [3.05, 3.63) is 0 Å². The molecule has 0 saturated carbocycles. The third-order valence-electron chi connectivity index (χ3n) is 1.99. The molecule has 0 aliphatic heterocycles. The van der Waals surface area contributed by atoms with Gasteiger partial charge in [-0.3, -0.25) is 5.32 Å². The van der Waals surface area contributed by atoms with E-state index in [1.165, 1.54) is 0 Å². The van der Waals surface area contributed by atoms with E-state index >= 15 is 0 Å². The first-order valence-electron chi connectivity index (χ1n) is 6.66. The molecule has 0 radical (unpaired) electrons. The summed E-state index contributed by atoms with van der Waals surface area (Å²) in [6, 6.07) is -1.31. The van der Waals surface area contributed by atoms with Crippen molar-refractivity contribution in [2.45, 2.75) is 52.7 Å². The van der Waals surface area contributed by atoms with E-state index in [9.17, 15) is 14.7 Å². The predicted molar refractivity (Wildman–Crippen MR) is 73.1 cm³/mol. The van der Waals surface area contributed by atoms with E-state index in [0.29, 0.717) is 0 Å². The smallest absolute Gasteiger partial charge is 0.434 e. The van der Waals surface area contributed by atoms with Gasteiger partial charge in [0.05, 0.1) is 18.8 Å². The number of carbonyl (C=O) groups excluding carboxylic acids is 2. The van der Waals surface area contributed by atoms with Crippen LogP contribution in [0.15, 0.2) is 0 Å². The van der Waals surface area contributed by atoms with E-state index in [0.717, 1.165) is 0 Å². The van der Waals surface area contributed by atoms with Crippen LogP contribution in [0.1, 0.15) is 34.6 Å². The second-order valence-electron chi connectivity index (χ2n) is 5.86. The van der Waals surface area contributed by atoms with Gasteiger partial charge in [0.25, 0.3) is 0 Å². The Morgan fingerprint density at radius 1 is 1.24 bits per heavy atom. The highest BCUT2D eigenvalue weighted by Gasteiger charge is 2.27. The van der Waals surface area contributed by atoms with Crippen LogP contribution in [0.5, 0.6) is 0 Å². The summed E-state index contributed by atoms with van der Waals surface area (Å²) in [7, 11) is 0. The molecule has 3 N–H and O–H groups in total. The summed E-state index contributed by atoms with van der Waals surface area (Å²) >= 11 is 0. The first-order chi connectivity index (χ1) is 9.55. The van der Waals surface area contributed by atoms with Gasteiger partial charge < -0.3 is 24.4 Å². The van der Waals surface area contributed by atoms with Crippen molar-refractivity contribution in [1.29, 1.82) is 0 Å². The zero-order valence-corrected chi connectivity index (χ0v) is 13.1. The van der Waals surface area contributed by atoms with E-state index in [4.69, 9.17) is 9.84 Å². The van der Waals surface area contributed by atoms with Crippen molar-refractivity contribution in [1.82, 2.24) is 5.32 Å². The maximum absolute atomic E-state index is 11.6. The van der Waals surface area contributed by atoms with Crippen LogP contribution in [0, 0.1) is 5.92 Å². The number of carbonyl (C=O) groups is 2. The summed E-state index contributed by atoms with van der Waals surface area (Å²) in [5.41, 5.74) is -0.660. The van der Waals surface area contributed by atoms with Gasteiger partial charge in [-0.15, -0.1) is 0 Å². The molecule has 8 heteroatoms. The highest BCUT2D eigenvalue weighted by Crippen LogP contribution is 2.08. The molecule has 0 heterocycles. The molecule has 0 amide bonds. The lowest BCUT2D eigenvalue weighted by Gasteiger charge is -2.26. The minimum Gasteiger partial charge on any atom is -0.434 e. The summed E-state index contributed by atoms with van der Waals surface area (Å²) < 4.78 is 14.2. The molecule has 0 aliphatic rings. The number of aliphatic hydroxyl groups excluding tert-OH is 2. The molecule has 0 spiro atoms. The topological polar surface area (TPSA) is 114 Å². The van der Waals surface area contributed by atoms with Crippen molar-refractivity contribution in [3.8, 4) is 0 Å². The predicted octanol–water partition coefficient (Wildman–Crippen LogP) is 0.364. The summed E-state index contributed by atoms with van der Waals surface area (Å²) in [4.78, 5) is 22.8. The summed E-state index contributed by atoms with van der Waals surface area (Å²) in [5, 5.41) is 21.0. The zero-order chi connectivity index (χ0) is 16.6. The van der Waals surface area contributed by atoms with Crippen LogP contribution in [0.25, 0.3) is 0 Å². The molecule has 0 aromatic rings. The van der Waals surface area contributed by atoms with Crippen LogP contribution >= 0.6 is 0 Å². The van der Waals surface area contributed by atoms with E-state index in [-0.39, 0.29) is 12.5 Å². The number of nitrogens with one attached hydrogen (secondary N) is 1. The maximum Gasteiger partial charge on any atom is 0.516 e. The minimum atomic E-state index is -1.50. The lowest BCUT2D eigenvalue weighted by Crippen LogP contribution is -2.49. The summed E-state index contributed by atoms with van der Waals surface area (Å²) in [6.07, 6.45) is -2.65. The standard InChI is InChI=1S/C13H25NO7/c1-8(2)7-19-12(18)20-10(16)9(6-15)14-11(17)21-13(3,4)5/h8-9,11,14-15,17H,6-7H2,1-5H3/t9-,11?/m1/s1. The second kappa shape index (κ2) is 8.93. The average Bonchev–Trinajstić information content (AvgIpc) is 2.31. The van der Waals surface area contributed by atoms with Gasteiger partial charge >= 0.3 is 12.1 Å². The molecule has 0 bridgehead atoms. The van der Waals surface area contributed by atoms with Gasteiger partial charge in [-0.05, 0) is 26.7 Å². The molecular weight excluding hydrogens is 282 g/mol. The molecule has 0 aromatic carbocycles. The van der Waals surface area contributed by atoms with Gasteiger partial charge in [0.2, 0.25) is 6.41 Å². The fraction of sp³-hybridized carbons (Fsp3) is 0.846. The highest BCUT2D eigenvalue weighted by atomic mass is 16.7. The molecule has 0 saturated heterocycles. The van der Waals surface area contributed by atoms with E-state index in [1.54, 1.807) is 20.8 Å². The number of ether oxygens (including phenoxy) is 3. The van der Waals surface area contributed by atoms with E-state index < -0.39 is 36.8 Å². The summed E-state index contributed by atoms with van der Waals surface area (Å²) in [6.45, 7) is 8.19. The number of rotatable bonds is 7. The maximum atomic E-state index is 11.6. The number of hydrogen-bond donors (Lipinski definition) is 3. The largest absolute Gasteiger partial charge is 0.516 e. The van der Waals surface area contributed by atoms with Crippen molar-refractivity contribution in [3.63, 3.8) is 0 Å². The first kappa shape index (κ1) is 19.8. The Morgan fingerprint density at radius 2 is 1.81 bits per heavy atom. The van der Waals surface area contributed by atoms with Gasteiger partial charge in [-0.1, -0.05) is 13.8 Å². The van der Waals surface area contributed by atoms with Gasteiger partial charge in [0, 0.05) is 0 Å². The fourth-order valence-corrected chi connectivity index (χ4v) is 1.15. The molecule has 0 aliphatic carbocycles. The number of aliphatic hydroxyl groups is 2. The van der Waals surface area contributed by atoms with Crippen molar-refractivity contribution < 1.29 is 34.0 Å². The second-order valence-corrected chi connectivity index (χ2v) is 5.86. The van der Waals surface area contributed by atoms with Crippen LogP contribution in [-0.4, -0.2) is 53.6 Å². The zero-order valence-electron chi connectivity index (χ0n) is 13.1. The van der Waals surface area contributed by atoms with Crippen LogP contribution in [0.4, 0.5) is 4.79 Å². The van der Waals surface area contributed by atoms with Gasteiger partial charge in [-0.2, -0.15) is 0 Å². The van der Waals surface area contributed by atoms with E-state index in [1.807, 2.05) is 13.8 Å². The minimum absolute atomic E-state index is 0.0985. The Labute approximate surface area is 124 Å². The normalized spacial score (nSPS) is 14.7. The molecule has 21 heavy (non-hydrogen) atoms. The molecule has 2 atom stereocenters. The van der Waals surface area contributed by atoms with Crippen LogP contribution in [-0.2, 0) is 19.0 Å². The van der Waals surface area contributed by atoms with Crippen LogP contribution in [0.3, 0.4) is 0 Å². The third kappa shape index (κ3) is 10.2. The van der Waals surface area contributed by atoms with Crippen molar-refractivity contribution in [2.75, 3.05) is 13.2 Å². The van der Waals surface area contributed by atoms with E-state index in [2.05, 4.69) is 14.8 Å². The molecule has 124 valence electrons. The first-order valence-corrected chi connectivity index (χ1v) is 6.66. The monoisotopic (exact) mass is 307 g/mol. The van der Waals surface area contributed by atoms with Gasteiger partial charge in [0.1, 0.15) is 6.04 Å². The number of hydrogen-bond acceptors (Lipinski definition) is 8. The van der Waals surface area contributed by atoms with Gasteiger partial charge in [-0.25, -0.2) is 9.59 Å². The molecule has 0 fully saturated rings. The molecule has 0 aromatic heterocycles. The Kier molecular flexibility index (Phi) is 8.41. The quantitative estimate of drug-likeness (QED) is 0.351. The highest BCUT2D eigenvalue weighted by molar-refractivity contribution is 5.85. The molecular formula is C13H25NO7. The number of esters is 1. The Hall–Kier alpha value is -1.22. The lowest BCUT2D eigenvalue weighted by atomic mass is 10.2. The average molecular weight is 307 g/mol. The fourth-order valence-electron chi connectivity index (χ4n) is 1.15. The van der Waals surface area contributed by atoms with Crippen molar-refractivity contribution >= 4 is 12.1 Å². The van der Waals surface area contributed by atoms with Crippen LogP contribution < -0.4 is 5.32 Å². The summed E-state index contributed by atoms with van der Waals surface area (Å²) in [5.74, 6) is -0.968. The van der Waals surface area contributed by atoms with Gasteiger partial charge in [0.15, 0.2) is 0 Å². The molecule has 8 nitrogen and oxygen atoms in total. The Bertz CT molecular complexity index is 338. The third-order valence-corrected chi connectivity index (χ3v) is 1.99. The molecule has 0 rings (SSSR count). The SMILES string of the molecule is CC(C)COC(=O)OC(=O)[C@@H](CO)NC(O)OC(C)(C)C. The van der Waals surface area contributed by atoms with Crippen LogP contribution in [0.2, 0.25) is 0 Å².